The van der Waals surface area contributed by atoms with Gasteiger partial charge in [-0.1, -0.05) is 74.9 Å². The first-order valence-electron chi connectivity index (χ1n) is 15.8. The van der Waals surface area contributed by atoms with Gasteiger partial charge in [0.15, 0.2) is 5.78 Å². The van der Waals surface area contributed by atoms with Gasteiger partial charge in [0, 0.05) is 6.54 Å². The predicted molar refractivity (Wildman–Crippen MR) is 171 cm³/mol. The van der Waals surface area contributed by atoms with E-state index in [1.807, 2.05) is 62.4 Å². The summed E-state index contributed by atoms with van der Waals surface area (Å²) in [4.78, 5) is 52.2. The van der Waals surface area contributed by atoms with Crippen LogP contribution >= 0.6 is 0 Å². The predicted octanol–water partition coefficient (Wildman–Crippen LogP) is 3.55. The van der Waals surface area contributed by atoms with Crippen LogP contribution in [0.15, 0.2) is 54.6 Å². The summed E-state index contributed by atoms with van der Waals surface area (Å²) in [6.07, 6.45) is 4.44. The Balaban J connectivity index is 1.55. The van der Waals surface area contributed by atoms with Gasteiger partial charge in [-0.15, -0.1) is 0 Å². The van der Waals surface area contributed by atoms with Crippen LogP contribution in [0.1, 0.15) is 75.6 Å². The number of benzene rings is 2. The molecule has 0 heterocycles. The van der Waals surface area contributed by atoms with E-state index in [2.05, 4.69) is 32.7 Å². The van der Waals surface area contributed by atoms with Crippen molar-refractivity contribution in [3.63, 3.8) is 0 Å². The minimum atomic E-state index is -1.12. The summed E-state index contributed by atoms with van der Waals surface area (Å²) >= 11 is 0. The molecule has 0 bridgehead atoms. The van der Waals surface area contributed by atoms with Crippen LogP contribution in [0.2, 0.25) is 0 Å². The van der Waals surface area contributed by atoms with Gasteiger partial charge in [0.25, 0.3) is 0 Å². The maximum Gasteiger partial charge on any atom is 0.407 e. The van der Waals surface area contributed by atoms with E-state index in [0.717, 1.165) is 43.2 Å². The molecule has 4 unspecified atom stereocenters. The fourth-order valence-corrected chi connectivity index (χ4v) is 5.27. The number of hydrogen-bond acceptors (Lipinski definition) is 7. The molecule has 1 aliphatic carbocycles. The quantitative estimate of drug-likeness (QED) is 0.137. The molecular formula is C34H49N5O5. The summed E-state index contributed by atoms with van der Waals surface area (Å²) in [5.74, 6) is -1.26. The number of nitrogens with one attached hydrogen (secondary N) is 5. The zero-order valence-electron chi connectivity index (χ0n) is 26.5. The van der Waals surface area contributed by atoms with E-state index in [1.54, 1.807) is 14.0 Å². The van der Waals surface area contributed by atoms with Crippen molar-refractivity contribution in [1.82, 2.24) is 26.6 Å². The average Bonchev–Trinajstić information content (AvgIpc) is 3.03. The fraction of sp³-hybridized carbons (Fsp3) is 0.529. The summed E-state index contributed by atoms with van der Waals surface area (Å²) in [6.45, 7) is 6.54. The van der Waals surface area contributed by atoms with Crippen molar-refractivity contribution in [2.75, 3.05) is 20.1 Å². The minimum absolute atomic E-state index is 0.173. The van der Waals surface area contributed by atoms with Crippen LogP contribution in [-0.2, 0) is 32.1 Å². The molecule has 0 aliphatic heterocycles. The van der Waals surface area contributed by atoms with E-state index in [-0.39, 0.29) is 36.2 Å². The molecule has 1 aliphatic rings. The highest BCUT2D eigenvalue weighted by atomic mass is 16.5. The van der Waals surface area contributed by atoms with Crippen molar-refractivity contribution in [3.05, 3.63) is 71.3 Å². The number of ketones is 1. The number of rotatable bonds is 17. The molecular weight excluding hydrogens is 558 g/mol. The van der Waals surface area contributed by atoms with Crippen molar-refractivity contribution >= 4 is 23.7 Å². The van der Waals surface area contributed by atoms with Gasteiger partial charge in [-0.05, 0) is 75.2 Å². The Bertz CT molecular complexity index is 1220. The molecule has 10 nitrogen and oxygen atoms in total. The maximum absolute atomic E-state index is 13.8. The summed E-state index contributed by atoms with van der Waals surface area (Å²) in [6, 6.07) is 15.0. The largest absolute Gasteiger partial charge is 0.445 e. The van der Waals surface area contributed by atoms with Crippen molar-refractivity contribution in [2.24, 2.45) is 5.92 Å². The Morgan fingerprint density at radius 3 is 2.32 bits per heavy atom. The molecule has 0 spiro atoms. The Morgan fingerprint density at radius 2 is 1.59 bits per heavy atom. The first-order chi connectivity index (χ1) is 21.2. The Kier molecular flexibility index (Phi) is 14.3. The molecule has 2 aromatic rings. The van der Waals surface area contributed by atoms with Crippen molar-refractivity contribution in [3.8, 4) is 0 Å². The van der Waals surface area contributed by atoms with Gasteiger partial charge in [-0.25, -0.2) is 4.79 Å². The van der Waals surface area contributed by atoms with Crippen LogP contribution in [0, 0.1) is 5.92 Å². The third-order valence-electron chi connectivity index (χ3n) is 8.01. The van der Waals surface area contributed by atoms with Crippen molar-refractivity contribution < 1.29 is 23.9 Å². The zero-order chi connectivity index (χ0) is 31.9. The molecule has 2 aromatic carbocycles. The molecule has 3 rings (SSSR count). The number of amides is 3. The first kappa shape index (κ1) is 34.7. The molecule has 5 N–H and O–H groups in total. The molecule has 0 aromatic heterocycles. The average molecular weight is 608 g/mol. The van der Waals surface area contributed by atoms with Crippen LogP contribution in [0.3, 0.4) is 0 Å². The molecule has 4 atom stereocenters. The Morgan fingerprint density at radius 1 is 0.886 bits per heavy atom. The molecule has 240 valence electrons. The van der Waals surface area contributed by atoms with Crippen LogP contribution in [-0.4, -0.2) is 62.0 Å². The highest BCUT2D eigenvalue weighted by Crippen LogP contribution is 2.29. The number of likely N-dealkylation sites (N-methyl/N-ethyl adjacent to an activating group) is 1. The number of alkyl carbamates (subject to hydrolysis) is 1. The lowest BCUT2D eigenvalue weighted by Gasteiger charge is -2.30. The number of fused-ring (bicyclic) bond motifs is 1. The highest BCUT2D eigenvalue weighted by molar-refractivity contribution is 6.09. The normalized spacial score (nSPS) is 16.2. The Hall–Kier alpha value is -3.76. The number of carbonyl (C=O) groups is 4. The molecule has 10 heteroatoms. The van der Waals surface area contributed by atoms with E-state index in [4.69, 9.17) is 4.74 Å². The molecule has 3 amide bonds. The van der Waals surface area contributed by atoms with E-state index in [1.165, 1.54) is 5.56 Å². The van der Waals surface area contributed by atoms with Crippen LogP contribution in [0.25, 0.3) is 0 Å². The van der Waals surface area contributed by atoms with Gasteiger partial charge in [0.1, 0.15) is 12.6 Å². The molecule has 0 radical (unpaired) electrons. The van der Waals surface area contributed by atoms with Gasteiger partial charge in [-0.2, -0.15) is 0 Å². The molecule has 0 saturated heterocycles. The van der Waals surface area contributed by atoms with E-state index in [9.17, 15) is 19.2 Å². The lowest BCUT2D eigenvalue weighted by molar-refractivity contribution is -0.136. The number of carbonyl (C=O) groups excluding carboxylic acids is 4. The monoisotopic (exact) mass is 607 g/mol. The number of unbranched alkanes of at least 4 members (excludes halogenated alkanes) is 2. The number of Topliss-reactive ketones (excluding diaryl/α,β-unsaturated/α-hetero) is 1. The van der Waals surface area contributed by atoms with E-state index >= 15 is 0 Å². The summed E-state index contributed by atoms with van der Waals surface area (Å²) in [7, 11) is 1.68. The van der Waals surface area contributed by atoms with Gasteiger partial charge in [0.05, 0.1) is 18.1 Å². The smallest absolute Gasteiger partial charge is 0.407 e. The van der Waals surface area contributed by atoms with Crippen LogP contribution in [0.5, 0.6) is 0 Å². The number of hydrogen-bond donors (Lipinski definition) is 5. The second-order valence-electron chi connectivity index (χ2n) is 11.7. The molecule has 0 saturated carbocycles. The Labute approximate surface area is 261 Å². The molecule has 44 heavy (non-hydrogen) atoms. The highest BCUT2D eigenvalue weighted by Gasteiger charge is 2.36. The van der Waals surface area contributed by atoms with Gasteiger partial charge in [0.2, 0.25) is 11.8 Å². The van der Waals surface area contributed by atoms with Gasteiger partial charge < -0.3 is 26.0 Å². The summed E-state index contributed by atoms with van der Waals surface area (Å²) < 4.78 is 5.24. The standard InChI is InChI=1S/C34H49N5O5/c1-23(2)29(39-32(41)24(3)35-4)31(40)30(33(42)38-28-19-13-17-26-16-9-10-18-27(26)28)36-20-11-6-12-21-37-34(43)44-22-25-14-7-5-8-15-25/h5,7-10,14-16,18,23-24,28-30,35-36H,6,11-13,17,19-22H2,1-4H3,(H,37,43)(H,38,42)(H,39,41). The minimum Gasteiger partial charge on any atom is -0.445 e. The van der Waals surface area contributed by atoms with Gasteiger partial charge >= 0.3 is 6.09 Å². The van der Waals surface area contributed by atoms with E-state index in [0.29, 0.717) is 19.5 Å². The second-order valence-corrected chi connectivity index (χ2v) is 11.7. The second kappa shape index (κ2) is 18.1. The SMILES string of the molecule is CNC(C)C(=O)NC(C(=O)C(NCCCCCNC(=O)OCc1ccccc1)C(=O)NC1CCCc2ccccc21)C(C)C. The third-order valence-corrected chi connectivity index (χ3v) is 8.01. The lowest BCUT2D eigenvalue weighted by atomic mass is 9.87. The zero-order valence-corrected chi connectivity index (χ0v) is 26.5. The fourth-order valence-electron chi connectivity index (χ4n) is 5.27. The van der Waals surface area contributed by atoms with Crippen molar-refractivity contribution in [2.45, 2.75) is 90.1 Å². The van der Waals surface area contributed by atoms with Gasteiger partial charge in [-0.3, -0.25) is 19.7 Å². The van der Waals surface area contributed by atoms with Crippen LogP contribution < -0.4 is 26.6 Å². The van der Waals surface area contributed by atoms with Crippen LogP contribution in [0.4, 0.5) is 4.79 Å². The van der Waals surface area contributed by atoms with Crippen molar-refractivity contribution in [1.29, 1.82) is 0 Å². The summed E-state index contributed by atoms with van der Waals surface area (Å²) in [5, 5.41) is 14.8. The van der Waals surface area contributed by atoms with E-state index < -0.39 is 24.2 Å². The number of aryl methyl sites for hydroxylation is 1. The maximum atomic E-state index is 13.8. The molecule has 0 fully saturated rings. The summed E-state index contributed by atoms with van der Waals surface area (Å²) in [5.41, 5.74) is 3.22. The topological polar surface area (TPSA) is 138 Å². The number of ether oxygens (including phenoxy) is 1. The lowest BCUT2D eigenvalue weighted by Crippen LogP contribution is -2.59. The third kappa shape index (κ3) is 10.7. The first-order valence-corrected chi connectivity index (χ1v) is 15.8.